The van der Waals surface area contributed by atoms with Crippen LogP contribution >= 0.6 is 0 Å². The summed E-state index contributed by atoms with van der Waals surface area (Å²) in [4.78, 5) is 38.2. The van der Waals surface area contributed by atoms with Crippen LogP contribution in [0.25, 0.3) is 0 Å². The summed E-state index contributed by atoms with van der Waals surface area (Å²) in [6, 6.07) is 4.15. The number of aliphatic imine (C=N–C) groups is 2. The van der Waals surface area contributed by atoms with Gasteiger partial charge in [-0.05, 0) is 43.9 Å². The molecule has 0 aromatic heterocycles. The minimum absolute atomic E-state index is 0.108. The van der Waals surface area contributed by atoms with E-state index in [-0.39, 0.29) is 24.3 Å². The van der Waals surface area contributed by atoms with Crippen LogP contribution in [0, 0.1) is 6.92 Å². The maximum Gasteiger partial charge on any atom is 0.305 e. The molecule has 0 aliphatic carbocycles. The smallest absolute Gasteiger partial charge is 0.305 e. The van der Waals surface area contributed by atoms with Gasteiger partial charge >= 0.3 is 5.97 Å². The monoisotopic (exact) mass is 469 g/mol. The van der Waals surface area contributed by atoms with Crippen molar-refractivity contribution in [2.45, 2.75) is 71.2 Å². The lowest BCUT2D eigenvalue weighted by Gasteiger charge is -2.32. The second-order valence-corrected chi connectivity index (χ2v) is 9.25. The number of epoxide rings is 1. The van der Waals surface area contributed by atoms with Gasteiger partial charge in [-0.1, -0.05) is 26.2 Å². The second-order valence-electron chi connectivity index (χ2n) is 9.25. The lowest BCUT2D eigenvalue weighted by atomic mass is 10.1. The third-order valence-electron chi connectivity index (χ3n) is 6.25. The predicted molar refractivity (Wildman–Crippen MR) is 133 cm³/mol. The molecule has 2 unspecified atom stereocenters. The fourth-order valence-corrected chi connectivity index (χ4v) is 4.30. The lowest BCUT2D eigenvalue weighted by molar-refractivity contribution is -0.143. The van der Waals surface area contributed by atoms with Gasteiger partial charge in [-0.15, -0.1) is 0 Å². The quantitative estimate of drug-likeness (QED) is 0.303. The topological polar surface area (TPSA) is 99.1 Å². The minimum atomic E-state index is -0.366. The Morgan fingerprint density at radius 1 is 1.21 bits per heavy atom. The standard InChI is InChI=1S/C25H35N5O4/c1-5-6-13-33-20(31)11-9-7-8-10-12-30-19-15-18(29(3)4)16(2)14-17(19)26-21-22(30)27-24-25(34-24)28-23(21)32/h14-15,24-25H,5-13H2,1-4H3,(H,28,32). The molecule has 0 radical (unpaired) electrons. The molecule has 1 amide bonds. The number of rotatable bonds is 11. The number of unbranched alkanes of at least 4 members (excludes halogenated alkanes) is 4. The summed E-state index contributed by atoms with van der Waals surface area (Å²) >= 11 is 0. The second kappa shape index (κ2) is 10.5. The number of ether oxygens (including phenoxy) is 2. The summed E-state index contributed by atoms with van der Waals surface area (Å²) in [5.41, 5.74) is 4.26. The number of hydrogen-bond donors (Lipinski definition) is 1. The molecule has 3 aliphatic heterocycles. The third kappa shape index (κ3) is 5.41. The summed E-state index contributed by atoms with van der Waals surface area (Å²) in [7, 11) is 4.03. The summed E-state index contributed by atoms with van der Waals surface area (Å²) in [5, 5.41) is 2.84. The van der Waals surface area contributed by atoms with Crippen molar-refractivity contribution in [3.63, 3.8) is 0 Å². The number of nitrogens with one attached hydrogen (secondary N) is 1. The molecule has 3 aliphatic rings. The van der Waals surface area contributed by atoms with Crippen molar-refractivity contribution in [3.8, 4) is 0 Å². The van der Waals surface area contributed by atoms with Gasteiger partial charge in [-0.25, -0.2) is 9.98 Å². The number of amides is 1. The van der Waals surface area contributed by atoms with Gasteiger partial charge in [0.2, 0.25) is 0 Å². The Balaban J connectivity index is 1.44. The Morgan fingerprint density at radius 3 is 2.76 bits per heavy atom. The van der Waals surface area contributed by atoms with E-state index in [4.69, 9.17) is 14.5 Å². The van der Waals surface area contributed by atoms with E-state index in [1.165, 1.54) is 0 Å². The molecule has 0 bridgehead atoms. The number of benzene rings is 1. The number of anilines is 2. The fourth-order valence-electron chi connectivity index (χ4n) is 4.30. The highest BCUT2D eigenvalue weighted by atomic mass is 16.6. The molecule has 34 heavy (non-hydrogen) atoms. The summed E-state index contributed by atoms with van der Waals surface area (Å²) in [5.74, 6) is 0.210. The number of carbonyl (C=O) groups excluding carboxylic acids is 2. The molecule has 184 valence electrons. The van der Waals surface area contributed by atoms with Gasteiger partial charge in [0.25, 0.3) is 5.91 Å². The zero-order chi connectivity index (χ0) is 24.2. The molecular formula is C25H35N5O4. The molecule has 1 aromatic carbocycles. The van der Waals surface area contributed by atoms with Crippen LogP contribution in [-0.4, -0.2) is 63.1 Å². The molecule has 3 heterocycles. The number of carbonyl (C=O) groups is 2. The van der Waals surface area contributed by atoms with Crippen LogP contribution in [0.2, 0.25) is 0 Å². The van der Waals surface area contributed by atoms with Gasteiger partial charge in [0.1, 0.15) is 0 Å². The first-order valence-corrected chi connectivity index (χ1v) is 12.3. The maximum absolute atomic E-state index is 12.8. The molecule has 1 fully saturated rings. The summed E-state index contributed by atoms with van der Waals surface area (Å²) in [6.45, 7) is 5.34. The van der Waals surface area contributed by atoms with Gasteiger partial charge in [0, 0.05) is 32.7 Å². The van der Waals surface area contributed by atoms with Crippen LogP contribution in [0.15, 0.2) is 22.1 Å². The lowest BCUT2D eigenvalue weighted by Crippen LogP contribution is -2.46. The minimum Gasteiger partial charge on any atom is -0.466 e. The van der Waals surface area contributed by atoms with Crippen LogP contribution in [0.1, 0.15) is 57.4 Å². The number of hydrogen-bond acceptors (Lipinski definition) is 8. The van der Waals surface area contributed by atoms with E-state index in [2.05, 4.69) is 33.1 Å². The first kappa shape index (κ1) is 24.2. The van der Waals surface area contributed by atoms with Crippen molar-refractivity contribution < 1.29 is 19.1 Å². The SMILES string of the molecule is CCCCOC(=O)CCCCCCN1C2=NC3OC3NC(=O)C2=Nc2cc(C)c(N(C)C)cc21. The van der Waals surface area contributed by atoms with Crippen molar-refractivity contribution in [3.05, 3.63) is 17.7 Å². The van der Waals surface area contributed by atoms with E-state index in [1.807, 2.05) is 27.1 Å². The molecular weight excluding hydrogens is 434 g/mol. The molecule has 1 N–H and O–H groups in total. The van der Waals surface area contributed by atoms with E-state index in [0.29, 0.717) is 31.1 Å². The molecule has 1 saturated heterocycles. The van der Waals surface area contributed by atoms with Crippen molar-refractivity contribution in [1.82, 2.24) is 5.32 Å². The zero-order valence-corrected chi connectivity index (χ0v) is 20.6. The number of fused-ring (bicyclic) bond motifs is 3. The molecule has 9 nitrogen and oxygen atoms in total. The molecule has 0 saturated carbocycles. The van der Waals surface area contributed by atoms with Gasteiger partial charge in [0.05, 0.1) is 18.0 Å². The largest absolute Gasteiger partial charge is 0.466 e. The molecule has 0 spiro atoms. The highest BCUT2D eigenvalue weighted by molar-refractivity contribution is 6.70. The Hall–Kier alpha value is -2.94. The third-order valence-corrected chi connectivity index (χ3v) is 6.25. The van der Waals surface area contributed by atoms with Gasteiger partial charge in [-0.3, -0.25) is 9.59 Å². The van der Waals surface area contributed by atoms with Gasteiger partial charge < -0.3 is 24.6 Å². The Kier molecular flexibility index (Phi) is 7.50. The average molecular weight is 470 g/mol. The van der Waals surface area contributed by atoms with E-state index in [0.717, 1.165) is 61.2 Å². The number of amidine groups is 1. The molecule has 9 heteroatoms. The fraction of sp³-hybridized carbons (Fsp3) is 0.600. The Bertz CT molecular complexity index is 1000. The van der Waals surface area contributed by atoms with Crippen molar-refractivity contribution in [1.29, 1.82) is 0 Å². The summed E-state index contributed by atoms with van der Waals surface area (Å²) < 4.78 is 10.7. The van der Waals surface area contributed by atoms with E-state index >= 15 is 0 Å². The van der Waals surface area contributed by atoms with Crippen molar-refractivity contribution in [2.24, 2.45) is 9.98 Å². The molecule has 2 atom stereocenters. The van der Waals surface area contributed by atoms with Crippen LogP contribution in [-0.2, 0) is 19.1 Å². The van der Waals surface area contributed by atoms with E-state index in [9.17, 15) is 9.59 Å². The van der Waals surface area contributed by atoms with E-state index in [1.54, 1.807) is 0 Å². The number of nitrogens with zero attached hydrogens (tertiary/aromatic N) is 4. The van der Waals surface area contributed by atoms with E-state index < -0.39 is 0 Å². The number of aryl methyl sites for hydroxylation is 1. The highest BCUT2D eigenvalue weighted by Gasteiger charge is 2.47. The number of esters is 1. The van der Waals surface area contributed by atoms with Crippen molar-refractivity contribution in [2.75, 3.05) is 37.0 Å². The van der Waals surface area contributed by atoms with Crippen LogP contribution < -0.4 is 15.1 Å². The average Bonchev–Trinajstić information content (AvgIpc) is 3.54. The maximum atomic E-state index is 12.8. The van der Waals surface area contributed by atoms with Gasteiger partial charge in [0.15, 0.2) is 24.0 Å². The van der Waals surface area contributed by atoms with Crippen molar-refractivity contribution >= 4 is 40.5 Å². The Labute approximate surface area is 201 Å². The van der Waals surface area contributed by atoms with Crippen LogP contribution in [0.5, 0.6) is 0 Å². The normalized spacial score (nSPS) is 20.2. The first-order valence-electron chi connectivity index (χ1n) is 12.3. The van der Waals surface area contributed by atoms with Crippen LogP contribution in [0.3, 0.4) is 0 Å². The summed E-state index contributed by atoms with van der Waals surface area (Å²) in [6.07, 6.45) is 5.32. The first-order chi connectivity index (χ1) is 16.4. The molecule has 4 rings (SSSR count). The Morgan fingerprint density at radius 2 is 2.00 bits per heavy atom. The molecule has 1 aromatic rings. The van der Waals surface area contributed by atoms with Crippen LogP contribution in [0.4, 0.5) is 17.1 Å². The predicted octanol–water partition coefficient (Wildman–Crippen LogP) is 3.46. The van der Waals surface area contributed by atoms with Gasteiger partial charge in [-0.2, -0.15) is 0 Å². The highest BCUT2D eigenvalue weighted by Crippen LogP contribution is 2.40. The zero-order valence-electron chi connectivity index (χ0n) is 20.6.